The van der Waals surface area contributed by atoms with Crippen LogP contribution in [-0.2, 0) is 14.8 Å². The lowest BCUT2D eigenvalue weighted by Gasteiger charge is -2.25. The summed E-state index contributed by atoms with van der Waals surface area (Å²) in [4.78, 5) is 0. The molecular weight excluding hydrogens is 254 g/mol. The van der Waals surface area contributed by atoms with Crippen molar-refractivity contribution in [3.05, 3.63) is 24.2 Å². The zero-order valence-electron chi connectivity index (χ0n) is 10.1. The monoisotopic (exact) mass is 271 g/mol. The third-order valence-electron chi connectivity index (χ3n) is 3.71. The molecule has 0 saturated carbocycles. The van der Waals surface area contributed by atoms with E-state index in [0.29, 0.717) is 26.2 Å². The second-order valence-corrected chi connectivity index (χ2v) is 6.98. The van der Waals surface area contributed by atoms with Gasteiger partial charge in [-0.25, -0.2) is 8.42 Å². The van der Waals surface area contributed by atoms with Crippen molar-refractivity contribution >= 4 is 10.0 Å². The van der Waals surface area contributed by atoms with Gasteiger partial charge in [0, 0.05) is 13.2 Å². The summed E-state index contributed by atoms with van der Waals surface area (Å²) in [5, 5.41) is -0.381. The first kappa shape index (κ1) is 12.2. The second-order valence-electron chi connectivity index (χ2n) is 4.81. The van der Waals surface area contributed by atoms with Crippen molar-refractivity contribution in [2.75, 3.05) is 19.8 Å². The molecule has 0 amide bonds. The molecule has 0 N–H and O–H groups in total. The van der Waals surface area contributed by atoms with Gasteiger partial charge in [0.2, 0.25) is 10.0 Å². The second kappa shape index (κ2) is 4.68. The van der Waals surface area contributed by atoms with Crippen LogP contribution >= 0.6 is 0 Å². The summed E-state index contributed by atoms with van der Waals surface area (Å²) in [5.41, 5.74) is 0. The Morgan fingerprint density at radius 1 is 1.33 bits per heavy atom. The van der Waals surface area contributed by atoms with Crippen molar-refractivity contribution in [3.63, 3.8) is 0 Å². The molecule has 0 aliphatic carbocycles. The summed E-state index contributed by atoms with van der Waals surface area (Å²) in [6.07, 6.45) is 3.92. The van der Waals surface area contributed by atoms with Crippen LogP contribution in [0.3, 0.4) is 0 Å². The molecule has 2 aliphatic heterocycles. The Labute approximate surface area is 107 Å². The predicted molar refractivity (Wildman–Crippen MR) is 65.5 cm³/mol. The molecule has 3 rings (SSSR count). The quantitative estimate of drug-likeness (QED) is 0.836. The third kappa shape index (κ3) is 1.98. The molecule has 3 heterocycles. The normalized spacial score (nSPS) is 30.0. The summed E-state index contributed by atoms with van der Waals surface area (Å²) in [7, 11) is -3.27. The van der Waals surface area contributed by atoms with Crippen LogP contribution in [0.4, 0.5) is 0 Å². The van der Waals surface area contributed by atoms with E-state index in [-0.39, 0.29) is 11.3 Å². The summed E-state index contributed by atoms with van der Waals surface area (Å²) < 4.78 is 37.3. The standard InChI is InChI=1S/C12H17NO4S/c14-18(15,10-5-8-16-9-10)13-6-1-3-11(13)12-4-2-7-17-12/h2,4,7,10-11H,1,3,5-6,8-9H2/t10-,11+/m1/s1. The lowest BCUT2D eigenvalue weighted by molar-refractivity contribution is 0.197. The largest absolute Gasteiger partial charge is 0.468 e. The molecule has 1 aromatic rings. The Hall–Kier alpha value is -0.850. The first-order valence-corrected chi connectivity index (χ1v) is 7.82. The lowest BCUT2D eigenvalue weighted by atomic mass is 10.2. The van der Waals surface area contributed by atoms with Gasteiger partial charge in [0.05, 0.1) is 18.9 Å². The number of ether oxygens (including phenoxy) is 1. The van der Waals surface area contributed by atoms with Crippen molar-refractivity contribution in [2.45, 2.75) is 30.6 Å². The summed E-state index contributed by atoms with van der Waals surface area (Å²) in [6, 6.07) is 3.52. The van der Waals surface area contributed by atoms with Gasteiger partial charge in [-0.3, -0.25) is 0 Å². The van der Waals surface area contributed by atoms with Crippen LogP contribution < -0.4 is 0 Å². The van der Waals surface area contributed by atoms with Gasteiger partial charge >= 0.3 is 0 Å². The molecule has 2 aliphatic rings. The van der Waals surface area contributed by atoms with E-state index in [9.17, 15) is 8.42 Å². The molecule has 0 bridgehead atoms. The van der Waals surface area contributed by atoms with E-state index in [4.69, 9.17) is 9.15 Å². The third-order valence-corrected chi connectivity index (χ3v) is 6.02. The number of hydrogen-bond donors (Lipinski definition) is 0. The molecule has 0 spiro atoms. The van der Waals surface area contributed by atoms with E-state index in [0.717, 1.165) is 18.6 Å². The molecule has 6 heteroatoms. The topological polar surface area (TPSA) is 59.8 Å². The van der Waals surface area contributed by atoms with Crippen LogP contribution in [0.2, 0.25) is 0 Å². The highest BCUT2D eigenvalue weighted by molar-refractivity contribution is 7.89. The van der Waals surface area contributed by atoms with Crippen LogP contribution in [0.25, 0.3) is 0 Å². The molecule has 0 radical (unpaired) electrons. The molecule has 0 aromatic carbocycles. The van der Waals surface area contributed by atoms with Gasteiger partial charge in [-0.2, -0.15) is 4.31 Å². The maximum Gasteiger partial charge on any atom is 0.220 e. The summed E-state index contributed by atoms with van der Waals surface area (Å²) >= 11 is 0. The lowest BCUT2D eigenvalue weighted by Crippen LogP contribution is -2.38. The molecule has 18 heavy (non-hydrogen) atoms. The first-order valence-electron chi connectivity index (χ1n) is 6.31. The highest BCUT2D eigenvalue weighted by Gasteiger charge is 2.42. The Morgan fingerprint density at radius 2 is 2.22 bits per heavy atom. The Balaban J connectivity index is 1.86. The minimum Gasteiger partial charge on any atom is -0.468 e. The van der Waals surface area contributed by atoms with E-state index < -0.39 is 10.0 Å². The molecule has 2 fully saturated rings. The number of rotatable bonds is 3. The highest BCUT2D eigenvalue weighted by Crippen LogP contribution is 2.36. The average molecular weight is 271 g/mol. The van der Waals surface area contributed by atoms with E-state index >= 15 is 0 Å². The Morgan fingerprint density at radius 3 is 2.89 bits per heavy atom. The van der Waals surface area contributed by atoms with Crippen LogP contribution in [0.5, 0.6) is 0 Å². The van der Waals surface area contributed by atoms with Crippen molar-refractivity contribution in [1.29, 1.82) is 0 Å². The van der Waals surface area contributed by atoms with Gasteiger partial charge in [-0.05, 0) is 31.4 Å². The van der Waals surface area contributed by atoms with E-state index in [1.807, 2.05) is 6.07 Å². The number of sulfonamides is 1. The summed E-state index contributed by atoms with van der Waals surface area (Å²) in [5.74, 6) is 0.745. The fourth-order valence-corrected chi connectivity index (χ4v) is 4.74. The zero-order valence-corrected chi connectivity index (χ0v) is 10.9. The van der Waals surface area contributed by atoms with Crippen molar-refractivity contribution in [2.24, 2.45) is 0 Å². The van der Waals surface area contributed by atoms with Crippen LogP contribution in [0.15, 0.2) is 22.8 Å². The zero-order chi connectivity index (χ0) is 12.6. The Kier molecular flexibility index (Phi) is 3.17. The van der Waals surface area contributed by atoms with Gasteiger partial charge in [0.15, 0.2) is 0 Å². The van der Waals surface area contributed by atoms with Crippen molar-refractivity contribution in [1.82, 2.24) is 4.31 Å². The predicted octanol–water partition coefficient (Wildman–Crippen LogP) is 1.54. The summed E-state index contributed by atoms with van der Waals surface area (Å²) in [6.45, 7) is 1.46. The average Bonchev–Trinajstić information content (AvgIpc) is 3.11. The fourth-order valence-electron chi connectivity index (χ4n) is 2.75. The van der Waals surface area contributed by atoms with E-state index in [1.54, 1.807) is 16.6 Å². The van der Waals surface area contributed by atoms with E-state index in [1.165, 1.54) is 0 Å². The van der Waals surface area contributed by atoms with Crippen molar-refractivity contribution < 1.29 is 17.6 Å². The molecule has 0 unspecified atom stereocenters. The highest BCUT2D eigenvalue weighted by atomic mass is 32.2. The van der Waals surface area contributed by atoms with Gasteiger partial charge in [-0.15, -0.1) is 0 Å². The van der Waals surface area contributed by atoms with Crippen LogP contribution in [0, 0.1) is 0 Å². The smallest absolute Gasteiger partial charge is 0.220 e. The van der Waals surface area contributed by atoms with Crippen molar-refractivity contribution in [3.8, 4) is 0 Å². The van der Waals surface area contributed by atoms with Crippen LogP contribution in [0.1, 0.15) is 31.1 Å². The molecule has 5 nitrogen and oxygen atoms in total. The van der Waals surface area contributed by atoms with Crippen LogP contribution in [-0.4, -0.2) is 37.7 Å². The molecular formula is C12H17NO4S. The minimum absolute atomic E-state index is 0.134. The molecule has 100 valence electrons. The molecule has 2 saturated heterocycles. The van der Waals surface area contributed by atoms with Gasteiger partial charge in [0.25, 0.3) is 0 Å². The van der Waals surface area contributed by atoms with Gasteiger partial charge in [-0.1, -0.05) is 0 Å². The number of nitrogens with zero attached hydrogens (tertiary/aromatic N) is 1. The maximum atomic E-state index is 12.5. The van der Waals surface area contributed by atoms with E-state index in [2.05, 4.69) is 0 Å². The fraction of sp³-hybridized carbons (Fsp3) is 0.667. The number of hydrogen-bond acceptors (Lipinski definition) is 4. The minimum atomic E-state index is -3.27. The molecule has 2 atom stereocenters. The SMILES string of the molecule is O=S(=O)([C@@H]1CCOC1)N1CCC[C@H]1c1ccco1. The maximum absolute atomic E-state index is 12.5. The van der Waals surface area contributed by atoms with Gasteiger partial charge < -0.3 is 9.15 Å². The number of furan rings is 1. The van der Waals surface area contributed by atoms with Gasteiger partial charge in [0.1, 0.15) is 11.0 Å². The first-order chi connectivity index (χ1) is 8.69. The molecule has 1 aromatic heterocycles. The Bertz CT molecular complexity index is 490.